The molecule has 1 N–H and O–H groups in total. The van der Waals surface area contributed by atoms with Gasteiger partial charge < -0.3 is 9.80 Å². The van der Waals surface area contributed by atoms with Crippen LogP contribution in [0.15, 0.2) is 48.1 Å². The summed E-state index contributed by atoms with van der Waals surface area (Å²) < 4.78 is 0. The molecule has 0 aliphatic carbocycles. The van der Waals surface area contributed by atoms with Crippen LogP contribution < -0.4 is 9.88 Å². The molecule has 0 saturated carbocycles. The topological polar surface area (TPSA) is 37.7 Å². The number of nitrogens with one attached hydrogen (secondary N) is 1. The molecule has 0 bridgehead atoms. The van der Waals surface area contributed by atoms with Gasteiger partial charge in [-0.05, 0) is 17.5 Å². The van der Waals surface area contributed by atoms with Crippen LogP contribution in [0.4, 0.5) is 5.69 Å². The monoisotopic (exact) mass is 300 g/mol. The van der Waals surface area contributed by atoms with E-state index in [1.807, 2.05) is 40.9 Å². The molecule has 2 aromatic rings. The van der Waals surface area contributed by atoms with E-state index >= 15 is 0 Å². The molecular formula is C16H18N3OS+. The van der Waals surface area contributed by atoms with Gasteiger partial charge in [0.1, 0.15) is 0 Å². The summed E-state index contributed by atoms with van der Waals surface area (Å²) in [5, 5.41) is 2.01. The van der Waals surface area contributed by atoms with Crippen molar-refractivity contribution in [2.45, 2.75) is 0 Å². The van der Waals surface area contributed by atoms with Crippen LogP contribution >= 0.6 is 11.3 Å². The third-order valence-electron chi connectivity index (χ3n) is 3.59. The SMILES string of the molecule is O=C(/C=C/c1cccs1)N1CCN(c2cc[nH+]cc2)CC1. The number of hydrogen-bond donors (Lipinski definition) is 0. The van der Waals surface area contributed by atoms with Gasteiger partial charge in [0.2, 0.25) is 5.91 Å². The van der Waals surface area contributed by atoms with E-state index < -0.39 is 0 Å². The number of piperazine rings is 1. The molecule has 0 atom stereocenters. The predicted molar refractivity (Wildman–Crippen MR) is 85.1 cm³/mol. The first kappa shape index (κ1) is 13.8. The second kappa shape index (κ2) is 6.54. The zero-order chi connectivity index (χ0) is 14.5. The Morgan fingerprint density at radius 2 is 1.90 bits per heavy atom. The first-order valence-electron chi connectivity index (χ1n) is 7.04. The molecule has 0 spiro atoms. The molecule has 3 rings (SSSR count). The normalized spacial score (nSPS) is 15.6. The average molecular weight is 300 g/mol. The van der Waals surface area contributed by atoms with Crippen LogP contribution in [0, 0.1) is 0 Å². The largest absolute Gasteiger partial charge is 0.368 e. The van der Waals surface area contributed by atoms with E-state index in [1.54, 1.807) is 17.4 Å². The minimum absolute atomic E-state index is 0.101. The van der Waals surface area contributed by atoms with Gasteiger partial charge >= 0.3 is 0 Å². The maximum Gasteiger partial charge on any atom is 0.246 e. The third kappa shape index (κ3) is 3.49. The van der Waals surface area contributed by atoms with Crippen molar-refractivity contribution >= 4 is 29.0 Å². The summed E-state index contributed by atoms with van der Waals surface area (Å²) in [6, 6.07) is 8.13. The lowest BCUT2D eigenvalue weighted by molar-refractivity contribution is -0.377. The zero-order valence-corrected chi connectivity index (χ0v) is 12.6. The Labute approximate surface area is 128 Å². The summed E-state index contributed by atoms with van der Waals surface area (Å²) in [5.74, 6) is 0.101. The number of carbonyl (C=O) groups excluding carboxylic acids is 1. The van der Waals surface area contributed by atoms with Crippen molar-refractivity contribution < 1.29 is 9.78 Å². The highest BCUT2D eigenvalue weighted by Gasteiger charge is 2.19. The first-order chi connectivity index (χ1) is 10.3. The summed E-state index contributed by atoms with van der Waals surface area (Å²) >= 11 is 1.64. The first-order valence-corrected chi connectivity index (χ1v) is 7.92. The lowest BCUT2D eigenvalue weighted by atomic mass is 10.2. The Morgan fingerprint density at radius 3 is 2.57 bits per heavy atom. The van der Waals surface area contributed by atoms with Gasteiger partial charge in [-0.3, -0.25) is 4.79 Å². The van der Waals surface area contributed by atoms with Gasteiger partial charge in [-0.25, -0.2) is 4.98 Å². The molecule has 1 aliphatic heterocycles. The highest BCUT2D eigenvalue weighted by molar-refractivity contribution is 7.10. The Morgan fingerprint density at radius 1 is 1.14 bits per heavy atom. The number of aromatic amines is 1. The van der Waals surface area contributed by atoms with Crippen LogP contribution in [0.1, 0.15) is 4.88 Å². The van der Waals surface area contributed by atoms with Gasteiger partial charge in [0.15, 0.2) is 12.4 Å². The maximum absolute atomic E-state index is 12.2. The average Bonchev–Trinajstić information content (AvgIpc) is 3.07. The van der Waals surface area contributed by atoms with E-state index in [2.05, 4.69) is 22.0 Å². The number of anilines is 1. The molecular weight excluding hydrogens is 282 g/mol. The van der Waals surface area contributed by atoms with Gasteiger partial charge in [0, 0.05) is 55.0 Å². The van der Waals surface area contributed by atoms with Crippen molar-refractivity contribution in [1.82, 2.24) is 4.90 Å². The quantitative estimate of drug-likeness (QED) is 0.812. The zero-order valence-electron chi connectivity index (χ0n) is 11.7. The Bertz CT molecular complexity index is 602. The Kier molecular flexibility index (Phi) is 4.31. The molecule has 1 fully saturated rings. The molecule has 2 aromatic heterocycles. The molecule has 0 aromatic carbocycles. The molecule has 1 saturated heterocycles. The molecule has 0 unspecified atom stereocenters. The lowest BCUT2D eigenvalue weighted by Gasteiger charge is -2.35. The van der Waals surface area contributed by atoms with Crippen molar-refractivity contribution in [3.05, 3.63) is 53.0 Å². The number of carbonyl (C=O) groups is 1. The van der Waals surface area contributed by atoms with Crippen molar-refractivity contribution in [2.75, 3.05) is 31.1 Å². The number of pyridine rings is 1. The van der Waals surface area contributed by atoms with E-state index in [-0.39, 0.29) is 5.91 Å². The smallest absolute Gasteiger partial charge is 0.246 e. The van der Waals surface area contributed by atoms with Crippen LogP contribution in [0.5, 0.6) is 0 Å². The number of thiophene rings is 1. The minimum Gasteiger partial charge on any atom is -0.368 e. The molecule has 108 valence electrons. The highest BCUT2D eigenvalue weighted by Crippen LogP contribution is 2.15. The number of H-pyrrole nitrogens is 1. The van der Waals surface area contributed by atoms with Gasteiger partial charge in [0.05, 0.1) is 0 Å². The van der Waals surface area contributed by atoms with Gasteiger partial charge in [0.25, 0.3) is 0 Å². The van der Waals surface area contributed by atoms with Gasteiger partial charge in [-0.2, -0.15) is 0 Å². The van der Waals surface area contributed by atoms with E-state index in [1.165, 1.54) is 5.69 Å². The van der Waals surface area contributed by atoms with Crippen LogP contribution in [-0.4, -0.2) is 37.0 Å². The fourth-order valence-electron chi connectivity index (χ4n) is 2.42. The number of aromatic nitrogens is 1. The number of amides is 1. The van der Waals surface area contributed by atoms with E-state index in [0.717, 1.165) is 31.1 Å². The fourth-order valence-corrected chi connectivity index (χ4v) is 3.04. The predicted octanol–water partition coefficient (Wildman–Crippen LogP) is 1.92. The molecule has 0 radical (unpaired) electrons. The fraction of sp³-hybridized carbons (Fsp3) is 0.250. The van der Waals surface area contributed by atoms with Gasteiger partial charge in [-0.1, -0.05) is 6.07 Å². The van der Waals surface area contributed by atoms with E-state index in [4.69, 9.17) is 0 Å². The van der Waals surface area contributed by atoms with Crippen LogP contribution in [0.3, 0.4) is 0 Å². The summed E-state index contributed by atoms with van der Waals surface area (Å²) in [4.78, 5) is 20.5. The van der Waals surface area contributed by atoms with Crippen molar-refractivity contribution in [1.29, 1.82) is 0 Å². The molecule has 5 heteroatoms. The van der Waals surface area contributed by atoms with Gasteiger partial charge in [-0.15, -0.1) is 11.3 Å². The van der Waals surface area contributed by atoms with Crippen LogP contribution in [-0.2, 0) is 4.79 Å². The summed E-state index contributed by atoms with van der Waals surface area (Å²) in [6.45, 7) is 3.30. The van der Waals surface area contributed by atoms with Crippen LogP contribution in [0.2, 0.25) is 0 Å². The molecule has 21 heavy (non-hydrogen) atoms. The van der Waals surface area contributed by atoms with Crippen molar-refractivity contribution in [2.24, 2.45) is 0 Å². The second-order valence-corrected chi connectivity index (χ2v) is 5.90. The summed E-state index contributed by atoms with van der Waals surface area (Å²) in [6.07, 6.45) is 7.43. The van der Waals surface area contributed by atoms with E-state index in [9.17, 15) is 4.79 Å². The van der Waals surface area contributed by atoms with Crippen molar-refractivity contribution in [3.63, 3.8) is 0 Å². The lowest BCUT2D eigenvalue weighted by Crippen LogP contribution is -2.48. The third-order valence-corrected chi connectivity index (χ3v) is 4.43. The molecule has 1 amide bonds. The number of nitrogens with zero attached hydrogens (tertiary/aromatic N) is 2. The number of rotatable bonds is 3. The Hall–Kier alpha value is -2.14. The highest BCUT2D eigenvalue weighted by atomic mass is 32.1. The van der Waals surface area contributed by atoms with Crippen molar-refractivity contribution in [3.8, 4) is 0 Å². The summed E-state index contributed by atoms with van der Waals surface area (Å²) in [5.41, 5.74) is 1.20. The molecule has 3 heterocycles. The molecule has 1 aliphatic rings. The second-order valence-electron chi connectivity index (χ2n) is 4.92. The maximum atomic E-state index is 12.2. The summed E-state index contributed by atoms with van der Waals surface area (Å²) in [7, 11) is 0. The Balaban J connectivity index is 1.55. The standard InChI is InChI=1S/C16H17N3OS/c20-16(4-3-15-2-1-13-21-15)19-11-9-18(10-12-19)14-5-7-17-8-6-14/h1-8,13H,9-12H2/p+1/b4-3+. The van der Waals surface area contributed by atoms with Crippen LogP contribution in [0.25, 0.3) is 6.08 Å². The number of hydrogen-bond acceptors (Lipinski definition) is 3. The molecule has 4 nitrogen and oxygen atoms in total. The minimum atomic E-state index is 0.101. The van der Waals surface area contributed by atoms with E-state index in [0.29, 0.717) is 0 Å².